The van der Waals surface area contributed by atoms with Crippen molar-refractivity contribution in [1.82, 2.24) is 0 Å². The van der Waals surface area contributed by atoms with E-state index in [0.717, 1.165) is 12.1 Å². The van der Waals surface area contributed by atoms with Crippen LogP contribution >= 0.6 is 0 Å². The van der Waals surface area contributed by atoms with Gasteiger partial charge in [-0.1, -0.05) is 0 Å². The van der Waals surface area contributed by atoms with E-state index in [1.807, 2.05) is 6.07 Å². The zero-order chi connectivity index (χ0) is 16.9. The van der Waals surface area contributed by atoms with Crippen molar-refractivity contribution < 1.29 is 17.6 Å². The largest absolute Gasteiger partial charge is 0.326 e. The fourth-order valence-corrected chi connectivity index (χ4v) is 3.08. The van der Waals surface area contributed by atoms with Crippen LogP contribution in [0, 0.1) is 17.1 Å². The van der Waals surface area contributed by atoms with E-state index in [1.54, 1.807) is 24.3 Å². The number of rotatable bonds is 5. The lowest BCUT2D eigenvalue weighted by Crippen LogP contribution is -2.17. The Morgan fingerprint density at radius 3 is 2.26 bits per heavy atom. The maximum absolute atomic E-state index is 12.8. The zero-order valence-electron chi connectivity index (χ0n) is 12.0. The molecule has 0 saturated heterocycles. The quantitative estimate of drug-likeness (QED) is 0.852. The van der Waals surface area contributed by atoms with E-state index in [-0.39, 0.29) is 17.1 Å². The van der Waals surface area contributed by atoms with Gasteiger partial charge >= 0.3 is 0 Å². The van der Waals surface area contributed by atoms with Crippen LogP contribution in [0.1, 0.15) is 12.0 Å². The third-order valence-corrected chi connectivity index (χ3v) is 4.80. The van der Waals surface area contributed by atoms with E-state index in [2.05, 4.69) is 5.32 Å². The van der Waals surface area contributed by atoms with Gasteiger partial charge in [0.25, 0.3) is 0 Å². The molecule has 1 amide bonds. The average molecular weight is 332 g/mol. The summed E-state index contributed by atoms with van der Waals surface area (Å²) < 4.78 is 36.9. The van der Waals surface area contributed by atoms with Gasteiger partial charge in [-0.05, 0) is 48.5 Å². The summed E-state index contributed by atoms with van der Waals surface area (Å²) in [4.78, 5) is 11.8. The lowest BCUT2D eigenvalue weighted by atomic mass is 10.2. The molecule has 0 atom stereocenters. The average Bonchev–Trinajstić information content (AvgIpc) is 2.54. The van der Waals surface area contributed by atoms with Crippen LogP contribution in [0.4, 0.5) is 10.1 Å². The van der Waals surface area contributed by atoms with Gasteiger partial charge in [0.2, 0.25) is 5.91 Å². The van der Waals surface area contributed by atoms with Gasteiger partial charge in [0, 0.05) is 12.1 Å². The molecule has 23 heavy (non-hydrogen) atoms. The minimum Gasteiger partial charge on any atom is -0.326 e. The first-order chi connectivity index (χ1) is 10.9. The number of sulfone groups is 1. The number of hydrogen-bond acceptors (Lipinski definition) is 4. The Bertz CT molecular complexity index is 838. The maximum Gasteiger partial charge on any atom is 0.225 e. The molecule has 0 heterocycles. The van der Waals surface area contributed by atoms with Gasteiger partial charge in [0.15, 0.2) is 9.84 Å². The Labute approximate surface area is 133 Å². The Morgan fingerprint density at radius 2 is 1.70 bits per heavy atom. The second-order valence-corrected chi connectivity index (χ2v) is 6.87. The SMILES string of the molecule is N#Cc1ccc(NC(=O)CCS(=O)(=O)c2ccc(F)cc2)cc1. The Morgan fingerprint density at radius 1 is 1.09 bits per heavy atom. The van der Waals surface area contributed by atoms with E-state index in [4.69, 9.17) is 5.26 Å². The standard InChI is InChI=1S/C16H13FN2O3S/c17-13-3-7-15(8-4-13)23(21,22)10-9-16(20)19-14-5-1-12(11-18)2-6-14/h1-8H,9-10H2,(H,19,20). The van der Waals surface area contributed by atoms with Crippen molar-refractivity contribution in [1.29, 1.82) is 5.26 Å². The Balaban J connectivity index is 1.95. The third kappa shape index (κ3) is 4.63. The van der Waals surface area contributed by atoms with Crippen molar-refractivity contribution in [3.63, 3.8) is 0 Å². The number of benzene rings is 2. The summed E-state index contributed by atoms with van der Waals surface area (Å²) in [5, 5.41) is 11.2. The van der Waals surface area contributed by atoms with Crippen LogP contribution in [0.5, 0.6) is 0 Å². The van der Waals surface area contributed by atoms with Gasteiger partial charge in [-0.25, -0.2) is 12.8 Å². The molecule has 7 heteroatoms. The summed E-state index contributed by atoms with van der Waals surface area (Å²) >= 11 is 0. The Kier molecular flexibility index (Phi) is 5.09. The van der Waals surface area contributed by atoms with Crippen molar-refractivity contribution in [3.05, 3.63) is 59.9 Å². The van der Waals surface area contributed by atoms with Crippen LogP contribution in [-0.2, 0) is 14.6 Å². The highest BCUT2D eigenvalue weighted by Gasteiger charge is 2.16. The first kappa shape index (κ1) is 16.6. The molecule has 0 aliphatic rings. The molecule has 0 radical (unpaired) electrons. The predicted molar refractivity (Wildman–Crippen MR) is 82.9 cm³/mol. The molecule has 0 aromatic heterocycles. The number of carbonyl (C=O) groups is 1. The number of halogens is 1. The molecule has 0 aliphatic carbocycles. The van der Waals surface area contributed by atoms with Crippen LogP contribution < -0.4 is 5.32 Å². The van der Waals surface area contributed by atoms with Gasteiger partial charge < -0.3 is 5.32 Å². The maximum atomic E-state index is 12.8. The topological polar surface area (TPSA) is 87.0 Å². The van der Waals surface area contributed by atoms with Crippen molar-refractivity contribution in [3.8, 4) is 6.07 Å². The summed E-state index contributed by atoms with van der Waals surface area (Å²) in [7, 11) is -3.65. The van der Waals surface area contributed by atoms with Gasteiger partial charge in [0.1, 0.15) is 5.82 Å². The number of nitriles is 1. The van der Waals surface area contributed by atoms with Gasteiger partial charge in [-0.3, -0.25) is 4.79 Å². The zero-order valence-corrected chi connectivity index (χ0v) is 12.8. The molecular formula is C16H13FN2O3S. The van der Waals surface area contributed by atoms with E-state index >= 15 is 0 Å². The van der Waals surface area contributed by atoms with E-state index in [0.29, 0.717) is 11.3 Å². The highest BCUT2D eigenvalue weighted by molar-refractivity contribution is 7.91. The summed E-state index contributed by atoms with van der Waals surface area (Å²) in [5.41, 5.74) is 0.940. The van der Waals surface area contributed by atoms with Crippen molar-refractivity contribution in [2.45, 2.75) is 11.3 Å². The smallest absolute Gasteiger partial charge is 0.225 e. The first-order valence-corrected chi connectivity index (χ1v) is 8.34. The fourth-order valence-electron chi connectivity index (χ4n) is 1.84. The lowest BCUT2D eigenvalue weighted by molar-refractivity contribution is -0.115. The molecule has 5 nitrogen and oxygen atoms in total. The summed E-state index contributed by atoms with van der Waals surface area (Å²) in [6, 6.07) is 12.6. The summed E-state index contributed by atoms with van der Waals surface area (Å²) in [6.07, 6.45) is -0.223. The van der Waals surface area contributed by atoms with E-state index < -0.39 is 21.6 Å². The van der Waals surface area contributed by atoms with Crippen LogP contribution in [0.2, 0.25) is 0 Å². The molecule has 2 aromatic carbocycles. The number of amides is 1. The second kappa shape index (κ2) is 7.03. The molecule has 1 N–H and O–H groups in total. The number of hydrogen-bond donors (Lipinski definition) is 1. The second-order valence-electron chi connectivity index (χ2n) is 4.76. The highest BCUT2D eigenvalue weighted by Crippen LogP contribution is 2.14. The lowest BCUT2D eigenvalue weighted by Gasteiger charge is -2.06. The molecule has 2 aromatic rings. The third-order valence-electron chi connectivity index (χ3n) is 3.07. The molecule has 0 aliphatic heterocycles. The number of carbonyl (C=O) groups excluding carboxylic acids is 1. The fraction of sp³-hybridized carbons (Fsp3) is 0.125. The molecule has 0 bridgehead atoms. The number of nitrogens with zero attached hydrogens (tertiary/aromatic N) is 1. The molecule has 0 unspecified atom stereocenters. The highest BCUT2D eigenvalue weighted by atomic mass is 32.2. The molecule has 0 saturated carbocycles. The monoisotopic (exact) mass is 332 g/mol. The normalized spacial score (nSPS) is 10.8. The van der Waals surface area contributed by atoms with Crippen LogP contribution in [0.15, 0.2) is 53.4 Å². The summed E-state index contributed by atoms with van der Waals surface area (Å²) in [6.45, 7) is 0. The van der Waals surface area contributed by atoms with Crippen molar-refractivity contribution >= 4 is 21.4 Å². The van der Waals surface area contributed by atoms with Crippen molar-refractivity contribution in [2.75, 3.05) is 11.1 Å². The number of anilines is 1. The van der Waals surface area contributed by atoms with E-state index in [9.17, 15) is 17.6 Å². The van der Waals surface area contributed by atoms with Crippen LogP contribution in [-0.4, -0.2) is 20.1 Å². The number of nitrogens with one attached hydrogen (secondary N) is 1. The molecular weight excluding hydrogens is 319 g/mol. The van der Waals surface area contributed by atoms with Crippen LogP contribution in [0.3, 0.4) is 0 Å². The molecule has 118 valence electrons. The predicted octanol–water partition coefficient (Wildman–Crippen LogP) is 2.50. The molecule has 0 fully saturated rings. The van der Waals surface area contributed by atoms with E-state index in [1.165, 1.54) is 12.1 Å². The minimum absolute atomic E-state index is 0.0231. The van der Waals surface area contributed by atoms with Crippen molar-refractivity contribution in [2.24, 2.45) is 0 Å². The molecule has 2 rings (SSSR count). The minimum atomic E-state index is -3.65. The van der Waals surface area contributed by atoms with Gasteiger partial charge in [0.05, 0.1) is 22.3 Å². The molecule has 0 spiro atoms. The van der Waals surface area contributed by atoms with Gasteiger partial charge in [-0.15, -0.1) is 0 Å². The van der Waals surface area contributed by atoms with Crippen LogP contribution in [0.25, 0.3) is 0 Å². The first-order valence-electron chi connectivity index (χ1n) is 6.69. The Hall–Kier alpha value is -2.72. The van der Waals surface area contributed by atoms with Gasteiger partial charge in [-0.2, -0.15) is 5.26 Å². The summed E-state index contributed by atoms with van der Waals surface area (Å²) in [5.74, 6) is -1.36.